The summed E-state index contributed by atoms with van der Waals surface area (Å²) in [5.41, 5.74) is 2.96. The molecule has 0 aliphatic rings. The fourth-order valence-corrected chi connectivity index (χ4v) is 2.20. The van der Waals surface area contributed by atoms with Crippen molar-refractivity contribution >= 4 is 0 Å². The molecule has 0 fully saturated rings. The van der Waals surface area contributed by atoms with E-state index in [4.69, 9.17) is 0 Å². The Morgan fingerprint density at radius 1 is 1.05 bits per heavy atom. The molecule has 0 saturated heterocycles. The predicted octanol–water partition coefficient (Wildman–Crippen LogP) is 3.65. The minimum Gasteiger partial charge on any atom is -0.309 e. The van der Waals surface area contributed by atoms with E-state index in [0.717, 1.165) is 5.56 Å². The normalized spacial score (nSPS) is 12.7. The molecule has 1 aromatic carbocycles. The highest BCUT2D eigenvalue weighted by Crippen LogP contribution is 2.25. The number of aromatic nitrogens is 1. The lowest BCUT2D eigenvalue weighted by molar-refractivity contribution is 0.570. The zero-order valence-corrected chi connectivity index (χ0v) is 11.5. The predicted molar refractivity (Wildman–Crippen MR) is 75.6 cm³/mol. The second-order valence-corrected chi connectivity index (χ2v) is 4.94. The van der Waals surface area contributed by atoms with Crippen molar-refractivity contribution in [2.24, 2.45) is 0 Å². The summed E-state index contributed by atoms with van der Waals surface area (Å²) in [6, 6.07) is 9.87. The molecule has 1 heterocycles. The molecule has 0 radical (unpaired) electrons. The maximum absolute atomic E-state index is 13.8. The number of pyridine rings is 1. The molecule has 0 spiro atoms. The molecule has 1 aromatic heterocycles. The summed E-state index contributed by atoms with van der Waals surface area (Å²) in [5, 5.41) is 3.16. The van der Waals surface area contributed by atoms with Gasteiger partial charge in [0.1, 0.15) is 5.82 Å². The van der Waals surface area contributed by atoms with Gasteiger partial charge in [-0.1, -0.05) is 38.1 Å². The van der Waals surface area contributed by atoms with Gasteiger partial charge in [-0.05, 0) is 30.2 Å². The Hall–Kier alpha value is -1.74. The lowest BCUT2D eigenvalue weighted by atomic mass is 9.95. The zero-order valence-electron chi connectivity index (χ0n) is 11.5. The van der Waals surface area contributed by atoms with E-state index in [-0.39, 0.29) is 11.9 Å². The second kappa shape index (κ2) is 5.93. The van der Waals surface area contributed by atoms with Crippen LogP contribution in [0.1, 0.15) is 42.5 Å². The first-order chi connectivity index (χ1) is 9.13. The third-order valence-corrected chi connectivity index (χ3v) is 3.34. The summed E-state index contributed by atoms with van der Waals surface area (Å²) in [7, 11) is 1.83. The van der Waals surface area contributed by atoms with E-state index in [1.807, 2.05) is 7.05 Å². The third-order valence-electron chi connectivity index (χ3n) is 3.34. The third kappa shape index (κ3) is 2.99. The van der Waals surface area contributed by atoms with Crippen molar-refractivity contribution < 1.29 is 4.39 Å². The summed E-state index contributed by atoms with van der Waals surface area (Å²) in [6.07, 6.45) is 2.87. The quantitative estimate of drug-likeness (QED) is 0.905. The largest absolute Gasteiger partial charge is 0.309 e. The van der Waals surface area contributed by atoms with Crippen LogP contribution in [0.4, 0.5) is 4.39 Å². The van der Waals surface area contributed by atoms with Crippen molar-refractivity contribution in [3.8, 4) is 0 Å². The fourth-order valence-electron chi connectivity index (χ4n) is 2.20. The molecule has 0 amide bonds. The molecular formula is C16H19FN2. The molecule has 0 aliphatic carbocycles. The molecule has 2 aromatic rings. The van der Waals surface area contributed by atoms with Crippen LogP contribution >= 0.6 is 0 Å². The summed E-state index contributed by atoms with van der Waals surface area (Å²) >= 11 is 0. The van der Waals surface area contributed by atoms with Gasteiger partial charge in [0.15, 0.2) is 0 Å². The molecule has 3 heteroatoms. The minimum absolute atomic E-state index is 0.149. The Morgan fingerprint density at radius 3 is 2.21 bits per heavy atom. The number of nitrogens with zero attached hydrogens (tertiary/aromatic N) is 1. The van der Waals surface area contributed by atoms with Gasteiger partial charge in [-0.3, -0.25) is 4.98 Å². The summed E-state index contributed by atoms with van der Waals surface area (Å²) in [4.78, 5) is 3.79. The lowest BCUT2D eigenvalue weighted by Crippen LogP contribution is -2.19. The van der Waals surface area contributed by atoms with Crippen LogP contribution in [0.15, 0.2) is 42.7 Å². The van der Waals surface area contributed by atoms with E-state index >= 15 is 0 Å². The summed E-state index contributed by atoms with van der Waals surface area (Å²) in [6.45, 7) is 4.32. The molecule has 1 N–H and O–H groups in total. The number of nitrogens with one attached hydrogen (secondary N) is 1. The molecule has 1 atom stereocenters. The van der Waals surface area contributed by atoms with Crippen molar-refractivity contribution in [2.45, 2.75) is 25.8 Å². The topological polar surface area (TPSA) is 24.9 Å². The molecule has 2 rings (SSSR count). The highest BCUT2D eigenvalue weighted by Gasteiger charge is 2.16. The van der Waals surface area contributed by atoms with Crippen molar-refractivity contribution in [1.82, 2.24) is 10.3 Å². The fraction of sp³-hybridized carbons (Fsp3) is 0.312. The smallest absolute Gasteiger partial charge is 0.146 e. The SMILES string of the molecule is CNC(c1ccc(C(C)C)cc1)c1ccncc1F. The first-order valence-electron chi connectivity index (χ1n) is 6.50. The highest BCUT2D eigenvalue weighted by atomic mass is 19.1. The lowest BCUT2D eigenvalue weighted by Gasteiger charge is -2.18. The van der Waals surface area contributed by atoms with E-state index in [2.05, 4.69) is 48.4 Å². The summed E-state index contributed by atoms with van der Waals surface area (Å²) < 4.78 is 13.8. The zero-order chi connectivity index (χ0) is 13.8. The standard InChI is InChI=1S/C16H19FN2/c1-11(2)12-4-6-13(7-5-12)16(18-3)14-8-9-19-10-15(14)17/h4-11,16,18H,1-3H3. The van der Waals surface area contributed by atoms with E-state index in [9.17, 15) is 4.39 Å². The first-order valence-corrected chi connectivity index (χ1v) is 6.50. The van der Waals surface area contributed by atoms with Crippen molar-refractivity contribution in [3.63, 3.8) is 0 Å². The molecule has 100 valence electrons. The van der Waals surface area contributed by atoms with Crippen LogP contribution in [-0.2, 0) is 0 Å². The van der Waals surface area contributed by atoms with Gasteiger partial charge in [0, 0.05) is 11.8 Å². The Morgan fingerprint density at radius 2 is 1.68 bits per heavy atom. The molecule has 0 saturated carbocycles. The molecule has 19 heavy (non-hydrogen) atoms. The Kier molecular flexibility index (Phi) is 4.27. The average molecular weight is 258 g/mol. The van der Waals surface area contributed by atoms with Crippen LogP contribution < -0.4 is 5.32 Å². The van der Waals surface area contributed by atoms with Crippen molar-refractivity contribution in [3.05, 3.63) is 65.2 Å². The minimum atomic E-state index is -0.283. The first kappa shape index (κ1) is 13.7. The van der Waals surface area contributed by atoms with Gasteiger partial charge in [-0.15, -0.1) is 0 Å². The van der Waals surface area contributed by atoms with Gasteiger partial charge in [0.05, 0.1) is 12.2 Å². The Balaban J connectivity index is 2.35. The van der Waals surface area contributed by atoms with Gasteiger partial charge >= 0.3 is 0 Å². The monoisotopic (exact) mass is 258 g/mol. The maximum atomic E-state index is 13.8. The number of benzene rings is 1. The number of rotatable bonds is 4. The van der Waals surface area contributed by atoms with Crippen LogP contribution in [0.3, 0.4) is 0 Å². The van der Waals surface area contributed by atoms with Gasteiger partial charge in [0.25, 0.3) is 0 Å². The number of halogens is 1. The molecule has 0 bridgehead atoms. The van der Waals surface area contributed by atoms with Crippen LogP contribution in [-0.4, -0.2) is 12.0 Å². The highest BCUT2D eigenvalue weighted by molar-refractivity contribution is 5.34. The van der Waals surface area contributed by atoms with Crippen LogP contribution in [0.5, 0.6) is 0 Å². The Labute approximate surface area is 113 Å². The molecular weight excluding hydrogens is 239 g/mol. The number of hydrogen-bond donors (Lipinski definition) is 1. The van der Waals surface area contributed by atoms with E-state index in [1.165, 1.54) is 11.8 Å². The molecule has 1 unspecified atom stereocenters. The van der Waals surface area contributed by atoms with Gasteiger partial charge in [-0.2, -0.15) is 0 Å². The van der Waals surface area contributed by atoms with E-state index in [1.54, 1.807) is 12.3 Å². The van der Waals surface area contributed by atoms with Crippen LogP contribution in [0.25, 0.3) is 0 Å². The van der Waals surface area contributed by atoms with Gasteiger partial charge in [0.2, 0.25) is 0 Å². The average Bonchev–Trinajstić information content (AvgIpc) is 2.42. The number of hydrogen-bond acceptors (Lipinski definition) is 2. The van der Waals surface area contributed by atoms with Crippen molar-refractivity contribution in [1.29, 1.82) is 0 Å². The summed E-state index contributed by atoms with van der Waals surface area (Å²) in [5.74, 6) is 0.217. The Bertz CT molecular complexity index is 535. The maximum Gasteiger partial charge on any atom is 0.146 e. The van der Waals surface area contributed by atoms with Gasteiger partial charge < -0.3 is 5.32 Å². The molecule has 0 aliphatic heterocycles. The van der Waals surface area contributed by atoms with E-state index in [0.29, 0.717) is 11.5 Å². The molecule has 2 nitrogen and oxygen atoms in total. The second-order valence-electron chi connectivity index (χ2n) is 4.94. The van der Waals surface area contributed by atoms with Crippen molar-refractivity contribution in [2.75, 3.05) is 7.05 Å². The van der Waals surface area contributed by atoms with E-state index < -0.39 is 0 Å². The van der Waals surface area contributed by atoms with Crippen LogP contribution in [0, 0.1) is 5.82 Å². The van der Waals surface area contributed by atoms with Crippen LogP contribution in [0.2, 0.25) is 0 Å². The van der Waals surface area contributed by atoms with Gasteiger partial charge in [-0.25, -0.2) is 4.39 Å².